The van der Waals surface area contributed by atoms with Crippen molar-refractivity contribution in [3.63, 3.8) is 0 Å². The van der Waals surface area contributed by atoms with Crippen LogP contribution in [0.15, 0.2) is 0 Å². The summed E-state index contributed by atoms with van der Waals surface area (Å²) in [5.41, 5.74) is 0.230. The molecule has 5 nitrogen and oxygen atoms in total. The van der Waals surface area contributed by atoms with Gasteiger partial charge < -0.3 is 5.11 Å². The van der Waals surface area contributed by atoms with Crippen LogP contribution in [-0.2, 0) is 9.59 Å². The highest BCUT2D eigenvalue weighted by Crippen LogP contribution is 2.35. The molecule has 2 unspecified atom stereocenters. The van der Waals surface area contributed by atoms with Crippen molar-refractivity contribution >= 4 is 11.8 Å². The average Bonchev–Trinajstić information content (AvgIpc) is 2.84. The molecular weight excluding hydrogens is 352 g/mol. The second kappa shape index (κ2) is 11.3. The quantitative estimate of drug-likeness (QED) is 0.290. The Kier molecular flexibility index (Phi) is 10.1. The average molecular weight is 397 g/mol. The van der Waals surface area contributed by atoms with E-state index in [0.717, 1.165) is 45.1 Å². The minimum Gasteiger partial charge on any atom is -0.379 e. The van der Waals surface area contributed by atoms with Crippen molar-refractivity contribution in [2.45, 2.75) is 106 Å². The number of imide groups is 1. The van der Waals surface area contributed by atoms with Gasteiger partial charge in [-0.15, -0.1) is 0 Å². The summed E-state index contributed by atoms with van der Waals surface area (Å²) in [5, 5.41) is 13.2. The summed E-state index contributed by atoms with van der Waals surface area (Å²) in [6.07, 6.45) is 8.00. The van der Waals surface area contributed by atoms with Gasteiger partial charge in [-0.1, -0.05) is 60.8 Å². The number of carbonyl (C=O) groups is 2. The molecule has 0 aliphatic carbocycles. The molecular formula is C23H44N2O3. The number of aliphatic hydroxyl groups excluding tert-OH is 1. The molecule has 164 valence electrons. The highest BCUT2D eigenvalue weighted by Gasteiger charge is 2.44. The summed E-state index contributed by atoms with van der Waals surface area (Å²) in [6, 6.07) is 0. The number of likely N-dealkylation sites (tertiary alicyclic amines) is 1. The zero-order chi connectivity index (χ0) is 21.4. The molecule has 0 aromatic rings. The number of nitrogens with zero attached hydrogens (tertiary/aromatic N) is 1. The van der Waals surface area contributed by atoms with E-state index in [4.69, 9.17) is 0 Å². The van der Waals surface area contributed by atoms with Gasteiger partial charge in [0.25, 0.3) is 0 Å². The molecule has 0 bridgehead atoms. The molecule has 28 heavy (non-hydrogen) atoms. The Hall–Kier alpha value is -0.940. The molecule has 1 heterocycles. The SMILES string of the molecule is CC(C)(C)CCCCNC(O)CCCCCCN1C(=O)CC(C(C)(C)C)C1=O. The maximum Gasteiger partial charge on any atom is 0.233 e. The third-order valence-corrected chi connectivity index (χ3v) is 5.63. The zero-order valence-electron chi connectivity index (χ0n) is 19.1. The summed E-state index contributed by atoms with van der Waals surface area (Å²) in [5.74, 6) is -0.191. The second-order valence-electron chi connectivity index (χ2n) is 10.7. The Bertz CT molecular complexity index is 491. The summed E-state index contributed by atoms with van der Waals surface area (Å²) >= 11 is 0. The molecule has 2 N–H and O–H groups in total. The molecule has 0 spiro atoms. The molecule has 2 atom stereocenters. The van der Waals surface area contributed by atoms with Crippen molar-refractivity contribution in [2.24, 2.45) is 16.7 Å². The third kappa shape index (κ3) is 9.51. The number of hydrogen-bond acceptors (Lipinski definition) is 4. The van der Waals surface area contributed by atoms with Crippen molar-refractivity contribution in [2.75, 3.05) is 13.1 Å². The maximum atomic E-state index is 12.4. The summed E-state index contributed by atoms with van der Waals surface area (Å²) in [7, 11) is 0. The van der Waals surface area contributed by atoms with Crippen LogP contribution in [-0.4, -0.2) is 41.1 Å². The van der Waals surface area contributed by atoms with Crippen molar-refractivity contribution in [3.8, 4) is 0 Å². The topological polar surface area (TPSA) is 69.6 Å². The van der Waals surface area contributed by atoms with Crippen LogP contribution in [0.5, 0.6) is 0 Å². The highest BCUT2D eigenvalue weighted by atomic mass is 16.3. The van der Waals surface area contributed by atoms with Crippen LogP contribution in [0.1, 0.15) is 99.3 Å². The van der Waals surface area contributed by atoms with Crippen molar-refractivity contribution in [1.29, 1.82) is 0 Å². The van der Waals surface area contributed by atoms with Crippen LogP contribution in [0.3, 0.4) is 0 Å². The molecule has 1 aliphatic heterocycles. The normalized spacial score (nSPS) is 19.5. The summed E-state index contributed by atoms with van der Waals surface area (Å²) < 4.78 is 0. The van der Waals surface area contributed by atoms with Crippen LogP contribution >= 0.6 is 0 Å². The molecule has 2 amide bonds. The molecule has 1 fully saturated rings. The number of rotatable bonds is 12. The smallest absolute Gasteiger partial charge is 0.233 e. The second-order valence-corrected chi connectivity index (χ2v) is 10.7. The van der Waals surface area contributed by atoms with Crippen molar-refractivity contribution in [3.05, 3.63) is 0 Å². The zero-order valence-corrected chi connectivity index (χ0v) is 19.1. The number of amides is 2. The monoisotopic (exact) mass is 396 g/mol. The van der Waals surface area contributed by atoms with Gasteiger partial charge in [-0.05, 0) is 49.5 Å². The molecule has 0 saturated carbocycles. The van der Waals surface area contributed by atoms with Gasteiger partial charge in [0.15, 0.2) is 0 Å². The lowest BCUT2D eigenvalue weighted by molar-refractivity contribution is -0.140. The molecule has 0 radical (unpaired) electrons. The molecule has 5 heteroatoms. The molecule has 0 aromatic carbocycles. The Balaban J connectivity index is 2.07. The van der Waals surface area contributed by atoms with E-state index in [1.807, 2.05) is 20.8 Å². The number of carbonyl (C=O) groups excluding carboxylic acids is 2. The fourth-order valence-electron chi connectivity index (χ4n) is 3.71. The fraction of sp³-hybridized carbons (Fsp3) is 0.913. The van der Waals surface area contributed by atoms with Crippen LogP contribution in [0.2, 0.25) is 0 Å². The first-order chi connectivity index (χ1) is 12.9. The fourth-order valence-corrected chi connectivity index (χ4v) is 3.71. The maximum absolute atomic E-state index is 12.4. The van der Waals surface area contributed by atoms with E-state index in [1.54, 1.807) is 0 Å². The summed E-state index contributed by atoms with van der Waals surface area (Å²) in [6.45, 7) is 14.3. The van der Waals surface area contributed by atoms with E-state index in [0.29, 0.717) is 18.4 Å². The Morgan fingerprint density at radius 2 is 1.64 bits per heavy atom. The Morgan fingerprint density at radius 3 is 2.21 bits per heavy atom. The van der Waals surface area contributed by atoms with Crippen LogP contribution < -0.4 is 5.32 Å². The van der Waals surface area contributed by atoms with Gasteiger partial charge in [-0.25, -0.2) is 0 Å². The predicted molar refractivity (Wildman–Crippen MR) is 115 cm³/mol. The van der Waals surface area contributed by atoms with E-state index in [9.17, 15) is 14.7 Å². The van der Waals surface area contributed by atoms with Crippen LogP contribution in [0.25, 0.3) is 0 Å². The van der Waals surface area contributed by atoms with Gasteiger partial charge in [0.1, 0.15) is 6.23 Å². The van der Waals surface area contributed by atoms with Gasteiger partial charge in [0.2, 0.25) is 11.8 Å². The van der Waals surface area contributed by atoms with Gasteiger partial charge >= 0.3 is 0 Å². The first-order valence-electron chi connectivity index (χ1n) is 11.2. The minimum absolute atomic E-state index is 0.00332. The van der Waals surface area contributed by atoms with E-state index in [-0.39, 0.29) is 23.1 Å². The van der Waals surface area contributed by atoms with E-state index < -0.39 is 6.23 Å². The number of unbranched alkanes of at least 4 members (excludes halogenated alkanes) is 4. The van der Waals surface area contributed by atoms with Gasteiger partial charge in [-0.2, -0.15) is 0 Å². The van der Waals surface area contributed by atoms with Gasteiger partial charge in [0.05, 0.1) is 5.92 Å². The molecule has 1 aliphatic rings. The standard InChI is InChI=1S/C23H44N2O3/c1-22(2,3)14-10-11-15-24-19(26)13-9-7-8-12-16-25-20(27)17-18(21(25)28)23(4,5)6/h18-19,24,26H,7-17H2,1-6H3. The molecule has 1 rings (SSSR count). The Morgan fingerprint density at radius 1 is 1.00 bits per heavy atom. The van der Waals surface area contributed by atoms with Gasteiger partial charge in [-0.3, -0.25) is 19.8 Å². The Labute approximate surface area is 172 Å². The summed E-state index contributed by atoms with van der Waals surface area (Å²) in [4.78, 5) is 26.0. The minimum atomic E-state index is -0.427. The number of hydrogen-bond donors (Lipinski definition) is 2. The predicted octanol–water partition coefficient (Wildman–Crippen LogP) is 4.48. The lowest BCUT2D eigenvalue weighted by atomic mass is 9.80. The number of aliphatic hydroxyl groups is 1. The van der Waals surface area contributed by atoms with Crippen molar-refractivity contribution in [1.82, 2.24) is 10.2 Å². The van der Waals surface area contributed by atoms with E-state index in [2.05, 4.69) is 26.1 Å². The molecule has 0 aromatic heterocycles. The van der Waals surface area contributed by atoms with E-state index in [1.165, 1.54) is 17.7 Å². The highest BCUT2D eigenvalue weighted by molar-refractivity contribution is 6.03. The number of nitrogens with one attached hydrogen (secondary N) is 1. The third-order valence-electron chi connectivity index (χ3n) is 5.63. The first-order valence-corrected chi connectivity index (χ1v) is 11.2. The largest absolute Gasteiger partial charge is 0.379 e. The lowest BCUT2D eigenvalue weighted by Crippen LogP contribution is -2.34. The van der Waals surface area contributed by atoms with E-state index >= 15 is 0 Å². The van der Waals surface area contributed by atoms with Crippen molar-refractivity contribution < 1.29 is 14.7 Å². The molecule has 1 saturated heterocycles. The lowest BCUT2D eigenvalue weighted by Gasteiger charge is -2.24. The van der Waals surface area contributed by atoms with Crippen LogP contribution in [0, 0.1) is 16.7 Å². The van der Waals surface area contributed by atoms with Crippen LogP contribution in [0.4, 0.5) is 0 Å². The first kappa shape index (κ1) is 25.1. The van der Waals surface area contributed by atoms with Gasteiger partial charge in [0, 0.05) is 13.0 Å².